The number of carbonyl (C=O) groups is 2. The fourth-order valence-electron chi connectivity index (χ4n) is 2.64. The normalized spacial score (nSPS) is 10.6. The summed E-state index contributed by atoms with van der Waals surface area (Å²) in [4.78, 5) is 32.6. The van der Waals surface area contributed by atoms with Crippen LogP contribution < -0.4 is 4.90 Å². The van der Waals surface area contributed by atoms with E-state index in [0.717, 1.165) is 14.8 Å². The number of hydrogen-bond acceptors (Lipinski definition) is 4. The number of thiophene rings is 1. The van der Waals surface area contributed by atoms with Gasteiger partial charge in [0.25, 0.3) is 5.91 Å². The van der Waals surface area contributed by atoms with Crippen molar-refractivity contribution in [3.63, 3.8) is 0 Å². The first-order valence-corrected chi connectivity index (χ1v) is 10.1. The highest BCUT2D eigenvalue weighted by molar-refractivity contribution is 9.11. The third-order valence-corrected chi connectivity index (χ3v) is 5.66. The number of likely N-dealkylation sites (N-methyl/N-ethyl adjacent to an activating group) is 1. The molecule has 150 valence electrons. The van der Waals surface area contributed by atoms with Crippen molar-refractivity contribution in [2.75, 3.05) is 18.5 Å². The van der Waals surface area contributed by atoms with Gasteiger partial charge in [-0.05, 0) is 52.3 Å². The van der Waals surface area contributed by atoms with Gasteiger partial charge in [0.05, 0.1) is 26.6 Å². The van der Waals surface area contributed by atoms with Gasteiger partial charge in [0.15, 0.2) is 0 Å². The van der Waals surface area contributed by atoms with Gasteiger partial charge in [0, 0.05) is 19.3 Å². The molecule has 0 aliphatic rings. The van der Waals surface area contributed by atoms with E-state index < -0.39 is 17.5 Å². The average molecular weight is 480 g/mol. The number of aromatic nitrogens is 1. The number of halogens is 3. The first-order chi connectivity index (χ1) is 13.8. The number of anilines is 1. The van der Waals surface area contributed by atoms with Crippen LogP contribution in [0, 0.1) is 11.6 Å². The van der Waals surface area contributed by atoms with E-state index in [9.17, 15) is 18.4 Å². The largest absolute Gasteiger partial charge is 0.332 e. The predicted octanol–water partition coefficient (Wildman–Crippen LogP) is 4.49. The van der Waals surface area contributed by atoms with E-state index in [-0.39, 0.29) is 24.7 Å². The Kier molecular flexibility index (Phi) is 6.71. The molecule has 1 aromatic carbocycles. The van der Waals surface area contributed by atoms with Crippen LogP contribution in [0.5, 0.6) is 0 Å². The third kappa shape index (κ3) is 5.24. The Bertz CT molecular complexity index is 1030. The molecule has 2 heterocycles. The van der Waals surface area contributed by atoms with Gasteiger partial charge in [0.2, 0.25) is 5.91 Å². The molecule has 3 aromatic rings. The molecule has 0 aliphatic heterocycles. The monoisotopic (exact) mass is 479 g/mol. The van der Waals surface area contributed by atoms with E-state index in [2.05, 4.69) is 20.9 Å². The fraction of sp³-hybridized carbons (Fsp3) is 0.150. The Morgan fingerprint density at radius 3 is 2.55 bits per heavy atom. The van der Waals surface area contributed by atoms with E-state index in [1.165, 1.54) is 29.4 Å². The summed E-state index contributed by atoms with van der Waals surface area (Å²) >= 11 is 4.55. The number of rotatable bonds is 6. The highest BCUT2D eigenvalue weighted by Crippen LogP contribution is 2.24. The van der Waals surface area contributed by atoms with Crippen LogP contribution in [0.4, 0.5) is 14.5 Å². The third-order valence-electron chi connectivity index (χ3n) is 4.05. The molecular weight excluding hydrogens is 464 g/mol. The van der Waals surface area contributed by atoms with Crippen LogP contribution in [-0.2, 0) is 11.3 Å². The minimum absolute atomic E-state index is 0.0190. The summed E-state index contributed by atoms with van der Waals surface area (Å²) in [5.41, 5.74) is 0.447. The van der Waals surface area contributed by atoms with Gasteiger partial charge in [-0.3, -0.25) is 14.6 Å². The lowest BCUT2D eigenvalue weighted by Crippen LogP contribution is -2.41. The summed E-state index contributed by atoms with van der Waals surface area (Å²) in [6.45, 7) is -0.299. The molecule has 0 saturated carbocycles. The molecule has 5 nitrogen and oxygen atoms in total. The van der Waals surface area contributed by atoms with Crippen molar-refractivity contribution in [2.45, 2.75) is 6.54 Å². The van der Waals surface area contributed by atoms with E-state index in [0.29, 0.717) is 16.6 Å². The zero-order valence-electron chi connectivity index (χ0n) is 15.3. The summed E-state index contributed by atoms with van der Waals surface area (Å²) in [5, 5.41) is 0. The van der Waals surface area contributed by atoms with Crippen LogP contribution >= 0.6 is 27.3 Å². The molecule has 2 aromatic heterocycles. The van der Waals surface area contributed by atoms with Crippen LogP contribution in [0.25, 0.3) is 0 Å². The maximum absolute atomic E-state index is 14.4. The molecule has 0 spiro atoms. The minimum Gasteiger partial charge on any atom is -0.332 e. The molecule has 0 unspecified atom stereocenters. The molecular formula is C20H16BrF2N3O2S. The van der Waals surface area contributed by atoms with E-state index in [1.807, 2.05) is 0 Å². The van der Waals surface area contributed by atoms with E-state index in [1.54, 1.807) is 36.5 Å². The van der Waals surface area contributed by atoms with Crippen molar-refractivity contribution in [1.29, 1.82) is 0 Å². The lowest BCUT2D eigenvalue weighted by Gasteiger charge is -2.26. The summed E-state index contributed by atoms with van der Waals surface area (Å²) in [6, 6.07) is 11.6. The highest BCUT2D eigenvalue weighted by Gasteiger charge is 2.24. The molecule has 0 aliphatic carbocycles. The van der Waals surface area contributed by atoms with Crippen LogP contribution in [-0.4, -0.2) is 35.3 Å². The summed E-state index contributed by atoms with van der Waals surface area (Å²) < 4.78 is 28.5. The lowest BCUT2D eigenvalue weighted by atomic mass is 10.2. The number of amides is 2. The SMILES string of the molecule is CN(CC(=O)N(Cc1ccccn1)c1ccc(F)cc1F)C(=O)c1ccc(Br)s1. The first kappa shape index (κ1) is 21.1. The Labute approximate surface area is 178 Å². The van der Waals surface area contributed by atoms with Crippen molar-refractivity contribution in [2.24, 2.45) is 0 Å². The molecule has 0 bridgehead atoms. The predicted molar refractivity (Wildman–Crippen MR) is 111 cm³/mol. The summed E-state index contributed by atoms with van der Waals surface area (Å²) in [5.74, 6) is -2.46. The molecule has 0 radical (unpaired) electrons. The topological polar surface area (TPSA) is 53.5 Å². The van der Waals surface area contributed by atoms with Gasteiger partial charge in [-0.15, -0.1) is 11.3 Å². The second-order valence-electron chi connectivity index (χ2n) is 6.16. The fourth-order valence-corrected chi connectivity index (χ4v) is 4.02. The molecule has 3 rings (SSSR count). The Morgan fingerprint density at radius 1 is 1.14 bits per heavy atom. The zero-order chi connectivity index (χ0) is 21.0. The smallest absolute Gasteiger partial charge is 0.264 e. The van der Waals surface area contributed by atoms with Crippen LogP contribution in [0.15, 0.2) is 58.5 Å². The number of nitrogens with zero attached hydrogens (tertiary/aromatic N) is 3. The van der Waals surface area contributed by atoms with E-state index in [4.69, 9.17) is 0 Å². The number of pyridine rings is 1. The Morgan fingerprint density at radius 2 is 1.93 bits per heavy atom. The summed E-state index contributed by atoms with van der Waals surface area (Å²) in [6.07, 6.45) is 1.56. The van der Waals surface area contributed by atoms with Gasteiger partial charge >= 0.3 is 0 Å². The zero-order valence-corrected chi connectivity index (χ0v) is 17.7. The lowest BCUT2D eigenvalue weighted by molar-refractivity contribution is -0.119. The maximum atomic E-state index is 14.4. The van der Waals surface area contributed by atoms with Crippen molar-refractivity contribution < 1.29 is 18.4 Å². The molecule has 0 atom stereocenters. The van der Waals surface area contributed by atoms with Crippen LogP contribution in [0.2, 0.25) is 0 Å². The molecule has 29 heavy (non-hydrogen) atoms. The number of carbonyl (C=O) groups excluding carboxylic acids is 2. The molecule has 0 saturated heterocycles. The standard InChI is InChI=1S/C20H16BrF2N3O2S/c1-25(20(28)17-7-8-18(21)29-17)12-19(27)26(11-14-4-2-3-9-24-14)16-6-5-13(22)10-15(16)23/h2-10H,11-12H2,1H3. The van der Waals surface area contributed by atoms with Gasteiger partial charge in [-0.1, -0.05) is 6.07 Å². The van der Waals surface area contributed by atoms with Gasteiger partial charge in [-0.25, -0.2) is 8.78 Å². The van der Waals surface area contributed by atoms with Crippen molar-refractivity contribution in [1.82, 2.24) is 9.88 Å². The first-order valence-electron chi connectivity index (χ1n) is 8.51. The molecule has 9 heteroatoms. The molecule has 0 fully saturated rings. The van der Waals surface area contributed by atoms with Crippen LogP contribution in [0.3, 0.4) is 0 Å². The average Bonchev–Trinajstić information content (AvgIpc) is 3.13. The second-order valence-corrected chi connectivity index (χ2v) is 8.62. The molecule has 2 amide bonds. The quantitative estimate of drug-likeness (QED) is 0.523. The minimum atomic E-state index is -0.870. The van der Waals surface area contributed by atoms with Crippen molar-refractivity contribution in [3.05, 3.63) is 80.7 Å². The van der Waals surface area contributed by atoms with Crippen LogP contribution in [0.1, 0.15) is 15.4 Å². The number of benzene rings is 1. The van der Waals surface area contributed by atoms with Gasteiger partial charge in [0.1, 0.15) is 18.2 Å². The second kappa shape index (κ2) is 9.23. The van der Waals surface area contributed by atoms with Crippen molar-refractivity contribution in [3.8, 4) is 0 Å². The van der Waals surface area contributed by atoms with Gasteiger partial charge < -0.3 is 9.80 Å². The number of hydrogen-bond donors (Lipinski definition) is 0. The maximum Gasteiger partial charge on any atom is 0.264 e. The Balaban J connectivity index is 1.84. The van der Waals surface area contributed by atoms with Crippen molar-refractivity contribution >= 4 is 44.8 Å². The highest BCUT2D eigenvalue weighted by atomic mass is 79.9. The Hall–Kier alpha value is -2.65. The molecule has 0 N–H and O–H groups in total. The van der Waals surface area contributed by atoms with E-state index >= 15 is 0 Å². The summed E-state index contributed by atoms with van der Waals surface area (Å²) in [7, 11) is 1.49. The van der Waals surface area contributed by atoms with Gasteiger partial charge in [-0.2, -0.15) is 0 Å².